The first kappa shape index (κ1) is 13.5. The number of hydrogen-bond acceptors (Lipinski definition) is 3. The maximum Gasteiger partial charge on any atom is 0.312 e. The summed E-state index contributed by atoms with van der Waals surface area (Å²) in [5, 5.41) is 9.24. The minimum atomic E-state index is -0.803. The summed E-state index contributed by atoms with van der Waals surface area (Å²) >= 11 is 0. The molecule has 0 heterocycles. The Bertz CT molecular complexity index is 402. The monoisotopic (exact) mass is 237 g/mol. The Morgan fingerprint density at radius 3 is 2.53 bits per heavy atom. The van der Waals surface area contributed by atoms with E-state index >= 15 is 0 Å². The maximum absolute atomic E-state index is 11.2. The minimum Gasteiger partial charge on any atom is -0.496 e. The van der Waals surface area contributed by atoms with Crippen LogP contribution in [0.1, 0.15) is 17.0 Å². The summed E-state index contributed by atoms with van der Waals surface area (Å²) in [5.41, 5.74) is 1.76. The van der Waals surface area contributed by atoms with E-state index in [0.29, 0.717) is 6.54 Å². The summed E-state index contributed by atoms with van der Waals surface area (Å²) in [6, 6.07) is 5.51. The van der Waals surface area contributed by atoms with E-state index in [0.717, 1.165) is 16.9 Å². The first-order valence-electron chi connectivity index (χ1n) is 5.47. The Morgan fingerprint density at radius 2 is 2.12 bits per heavy atom. The Morgan fingerprint density at radius 1 is 1.47 bits per heavy atom. The predicted molar refractivity (Wildman–Crippen MR) is 66.7 cm³/mol. The predicted octanol–water partition coefficient (Wildman–Crippen LogP) is 1.73. The van der Waals surface area contributed by atoms with Gasteiger partial charge in [0.2, 0.25) is 0 Å². The van der Waals surface area contributed by atoms with Crippen LogP contribution in [0.15, 0.2) is 18.2 Å². The average molecular weight is 237 g/mol. The van der Waals surface area contributed by atoms with Gasteiger partial charge in [-0.25, -0.2) is 0 Å². The second-order valence-corrected chi connectivity index (χ2v) is 4.38. The van der Waals surface area contributed by atoms with Crippen molar-refractivity contribution in [1.29, 1.82) is 0 Å². The Labute approximate surface area is 102 Å². The molecule has 17 heavy (non-hydrogen) atoms. The van der Waals surface area contributed by atoms with Crippen LogP contribution in [0.2, 0.25) is 0 Å². The molecule has 0 aliphatic carbocycles. The van der Waals surface area contributed by atoms with Crippen LogP contribution in [-0.2, 0) is 4.79 Å². The molecule has 4 nitrogen and oxygen atoms in total. The molecule has 0 aromatic heterocycles. The van der Waals surface area contributed by atoms with Gasteiger partial charge in [0.25, 0.3) is 0 Å². The van der Waals surface area contributed by atoms with Crippen molar-refractivity contribution < 1.29 is 14.6 Å². The molecule has 0 saturated carbocycles. The highest BCUT2D eigenvalue weighted by atomic mass is 16.5. The van der Waals surface area contributed by atoms with Crippen LogP contribution in [0.4, 0.5) is 0 Å². The van der Waals surface area contributed by atoms with Crippen LogP contribution in [-0.4, -0.2) is 43.7 Å². The SMILES string of the molecule is COc1ccc(C(CN(C)C)C(=O)O)cc1C. The van der Waals surface area contributed by atoms with Crippen molar-refractivity contribution in [2.45, 2.75) is 12.8 Å². The van der Waals surface area contributed by atoms with Gasteiger partial charge in [0, 0.05) is 6.54 Å². The summed E-state index contributed by atoms with van der Waals surface area (Å²) in [6.07, 6.45) is 0. The number of methoxy groups -OCH3 is 1. The number of likely N-dealkylation sites (N-methyl/N-ethyl adjacent to an activating group) is 1. The second-order valence-electron chi connectivity index (χ2n) is 4.38. The molecule has 1 aromatic carbocycles. The minimum absolute atomic E-state index is 0.487. The summed E-state index contributed by atoms with van der Waals surface area (Å²) in [5.74, 6) is -0.527. The zero-order valence-corrected chi connectivity index (χ0v) is 10.7. The lowest BCUT2D eigenvalue weighted by atomic mass is 9.97. The maximum atomic E-state index is 11.2. The van der Waals surface area contributed by atoms with E-state index in [1.807, 2.05) is 44.1 Å². The van der Waals surface area contributed by atoms with Crippen molar-refractivity contribution in [3.63, 3.8) is 0 Å². The number of ether oxygens (including phenoxy) is 1. The van der Waals surface area contributed by atoms with Crippen LogP contribution >= 0.6 is 0 Å². The van der Waals surface area contributed by atoms with E-state index in [-0.39, 0.29) is 0 Å². The van der Waals surface area contributed by atoms with Crippen molar-refractivity contribution in [1.82, 2.24) is 4.90 Å². The molecule has 0 saturated heterocycles. The Balaban J connectivity index is 3.02. The molecule has 0 amide bonds. The number of carboxylic acids is 1. The standard InChI is InChI=1S/C13H19NO3/c1-9-7-10(5-6-12(9)17-4)11(13(15)16)8-14(2)3/h5-7,11H,8H2,1-4H3,(H,15,16). The van der Waals surface area contributed by atoms with Gasteiger partial charge in [-0.3, -0.25) is 4.79 Å². The second kappa shape index (κ2) is 5.68. The molecular formula is C13H19NO3. The first-order valence-corrected chi connectivity index (χ1v) is 5.47. The van der Waals surface area contributed by atoms with Crippen molar-refractivity contribution in [3.8, 4) is 5.75 Å². The molecule has 94 valence electrons. The molecule has 1 rings (SSSR count). The highest BCUT2D eigenvalue weighted by molar-refractivity contribution is 5.76. The van der Waals surface area contributed by atoms with Crippen LogP contribution in [0, 0.1) is 6.92 Å². The number of hydrogen-bond donors (Lipinski definition) is 1. The quantitative estimate of drug-likeness (QED) is 0.847. The molecule has 0 bridgehead atoms. The summed E-state index contributed by atoms with van der Waals surface area (Å²) < 4.78 is 5.16. The molecule has 0 aliphatic heterocycles. The number of benzene rings is 1. The average Bonchev–Trinajstić information content (AvgIpc) is 2.25. The molecular weight excluding hydrogens is 218 g/mol. The van der Waals surface area contributed by atoms with Crippen molar-refractivity contribution in [2.24, 2.45) is 0 Å². The zero-order chi connectivity index (χ0) is 13.0. The number of carbonyl (C=O) groups is 1. The molecule has 1 atom stereocenters. The van der Waals surface area contributed by atoms with Crippen LogP contribution in [0.5, 0.6) is 5.75 Å². The fourth-order valence-corrected chi connectivity index (χ4v) is 1.81. The molecule has 0 radical (unpaired) electrons. The van der Waals surface area contributed by atoms with Crippen LogP contribution < -0.4 is 4.74 Å². The van der Waals surface area contributed by atoms with Gasteiger partial charge in [-0.15, -0.1) is 0 Å². The topological polar surface area (TPSA) is 49.8 Å². The third-order valence-corrected chi connectivity index (χ3v) is 2.67. The molecule has 1 N–H and O–H groups in total. The largest absolute Gasteiger partial charge is 0.496 e. The molecule has 1 unspecified atom stereocenters. The van der Waals surface area contributed by atoms with E-state index in [9.17, 15) is 9.90 Å². The molecule has 0 spiro atoms. The van der Waals surface area contributed by atoms with Gasteiger partial charge in [-0.1, -0.05) is 12.1 Å². The van der Waals surface area contributed by atoms with Gasteiger partial charge in [0.15, 0.2) is 0 Å². The number of carboxylic acid groups (broad SMARTS) is 1. The molecule has 4 heteroatoms. The van der Waals surface area contributed by atoms with Crippen molar-refractivity contribution in [3.05, 3.63) is 29.3 Å². The lowest BCUT2D eigenvalue weighted by molar-refractivity contribution is -0.139. The van der Waals surface area contributed by atoms with Crippen LogP contribution in [0.3, 0.4) is 0 Å². The fraction of sp³-hybridized carbons (Fsp3) is 0.462. The lowest BCUT2D eigenvalue weighted by Crippen LogP contribution is -2.26. The van der Waals surface area contributed by atoms with Crippen molar-refractivity contribution in [2.75, 3.05) is 27.7 Å². The number of aliphatic carboxylic acids is 1. The Hall–Kier alpha value is -1.55. The summed E-state index contributed by atoms with van der Waals surface area (Å²) in [4.78, 5) is 13.1. The van der Waals surface area contributed by atoms with Gasteiger partial charge in [0.05, 0.1) is 13.0 Å². The third-order valence-electron chi connectivity index (χ3n) is 2.67. The number of aryl methyl sites for hydroxylation is 1. The number of nitrogens with zero attached hydrogens (tertiary/aromatic N) is 1. The zero-order valence-electron chi connectivity index (χ0n) is 10.7. The van der Waals surface area contributed by atoms with E-state index in [1.165, 1.54) is 0 Å². The normalized spacial score (nSPS) is 12.5. The van der Waals surface area contributed by atoms with E-state index in [4.69, 9.17) is 4.74 Å². The van der Waals surface area contributed by atoms with Crippen LogP contribution in [0.25, 0.3) is 0 Å². The van der Waals surface area contributed by atoms with Gasteiger partial charge in [-0.2, -0.15) is 0 Å². The summed E-state index contributed by atoms with van der Waals surface area (Å²) in [7, 11) is 5.34. The van der Waals surface area contributed by atoms with E-state index in [1.54, 1.807) is 7.11 Å². The first-order chi connectivity index (χ1) is 7.95. The van der Waals surface area contributed by atoms with Gasteiger partial charge < -0.3 is 14.7 Å². The molecule has 0 fully saturated rings. The van der Waals surface area contributed by atoms with Gasteiger partial charge in [-0.05, 0) is 38.2 Å². The fourth-order valence-electron chi connectivity index (χ4n) is 1.81. The van der Waals surface area contributed by atoms with Gasteiger partial charge >= 0.3 is 5.97 Å². The molecule has 0 aliphatic rings. The van der Waals surface area contributed by atoms with Gasteiger partial charge in [0.1, 0.15) is 5.75 Å². The third kappa shape index (κ3) is 3.46. The van der Waals surface area contributed by atoms with E-state index < -0.39 is 11.9 Å². The molecule has 1 aromatic rings. The lowest BCUT2D eigenvalue weighted by Gasteiger charge is -2.18. The Kier molecular flexibility index (Phi) is 4.52. The highest BCUT2D eigenvalue weighted by Crippen LogP contribution is 2.24. The summed E-state index contributed by atoms with van der Waals surface area (Å²) in [6.45, 7) is 2.40. The van der Waals surface area contributed by atoms with Crippen molar-refractivity contribution >= 4 is 5.97 Å². The highest BCUT2D eigenvalue weighted by Gasteiger charge is 2.21. The smallest absolute Gasteiger partial charge is 0.312 e. The van der Waals surface area contributed by atoms with E-state index in [2.05, 4.69) is 0 Å². The number of rotatable bonds is 5.